The lowest BCUT2D eigenvalue weighted by molar-refractivity contribution is 0.106. The van der Waals surface area contributed by atoms with Crippen LogP contribution in [0, 0.1) is 5.92 Å². The molecule has 0 spiro atoms. The molecule has 32 heavy (non-hydrogen) atoms. The van der Waals surface area contributed by atoms with Crippen molar-refractivity contribution in [1.29, 1.82) is 0 Å². The molecule has 0 radical (unpaired) electrons. The van der Waals surface area contributed by atoms with E-state index in [4.69, 9.17) is 18.9 Å². The van der Waals surface area contributed by atoms with Crippen LogP contribution in [0.5, 0.6) is 23.0 Å². The number of allylic oxidation sites excluding steroid dienone is 1. The van der Waals surface area contributed by atoms with Crippen molar-refractivity contribution in [2.75, 3.05) is 26.4 Å². The largest absolute Gasteiger partial charge is 0.486 e. The number of fused-ring (bicyclic) bond motifs is 2. The number of ether oxygens (including phenoxy) is 4. The Morgan fingerprint density at radius 3 is 2.25 bits per heavy atom. The van der Waals surface area contributed by atoms with Gasteiger partial charge in [-0.3, -0.25) is 0 Å². The third-order valence-corrected chi connectivity index (χ3v) is 6.12. The summed E-state index contributed by atoms with van der Waals surface area (Å²) in [6, 6.07) is 10.9. The average Bonchev–Trinajstić information content (AvgIpc) is 2.84. The van der Waals surface area contributed by atoms with E-state index >= 15 is 0 Å². The first-order valence-electron chi connectivity index (χ1n) is 10.9. The Morgan fingerprint density at radius 1 is 0.906 bits per heavy atom. The number of oxime groups is 1. The highest BCUT2D eigenvalue weighted by Crippen LogP contribution is 2.40. The fourth-order valence-corrected chi connectivity index (χ4v) is 4.63. The summed E-state index contributed by atoms with van der Waals surface area (Å²) >= 11 is 0. The summed E-state index contributed by atoms with van der Waals surface area (Å²) in [6.07, 6.45) is 4.47. The van der Waals surface area contributed by atoms with Gasteiger partial charge in [0.25, 0.3) is 0 Å². The van der Waals surface area contributed by atoms with Gasteiger partial charge in [0.2, 0.25) is 0 Å². The lowest BCUT2D eigenvalue weighted by Gasteiger charge is -2.32. The maximum Gasteiger partial charge on any atom is 0.161 e. The Bertz CT molecular complexity index is 1050. The van der Waals surface area contributed by atoms with Crippen molar-refractivity contribution in [2.45, 2.75) is 25.3 Å². The molecule has 2 heterocycles. The molecule has 3 N–H and O–H groups in total. The molecule has 0 aromatic heterocycles. The van der Waals surface area contributed by atoms with E-state index in [2.05, 4.69) is 10.6 Å². The molecular weight excluding hydrogens is 412 g/mol. The zero-order chi connectivity index (χ0) is 21.9. The van der Waals surface area contributed by atoms with Crippen LogP contribution in [-0.4, -0.2) is 42.6 Å². The van der Waals surface area contributed by atoms with Gasteiger partial charge in [-0.2, -0.15) is 5.48 Å². The molecule has 2 aliphatic heterocycles. The van der Waals surface area contributed by atoms with Crippen LogP contribution in [0.2, 0.25) is 0 Å². The second kappa shape index (κ2) is 9.10. The Labute approximate surface area is 186 Å². The quantitative estimate of drug-likeness (QED) is 0.491. The molecule has 168 valence electrons. The van der Waals surface area contributed by atoms with E-state index in [0.717, 1.165) is 41.7 Å². The highest BCUT2D eigenvalue weighted by Gasteiger charge is 2.33. The zero-order valence-corrected chi connectivity index (χ0v) is 17.6. The number of nitrogens with one attached hydrogen (secondary N) is 1. The van der Waals surface area contributed by atoms with Gasteiger partial charge in [-0.25, -0.2) is 0 Å². The van der Waals surface area contributed by atoms with Crippen LogP contribution in [0.3, 0.4) is 0 Å². The lowest BCUT2D eigenvalue weighted by atomic mass is 9.77. The van der Waals surface area contributed by atoms with Crippen LogP contribution in [0.15, 0.2) is 47.1 Å². The molecule has 2 atom stereocenters. The van der Waals surface area contributed by atoms with Crippen LogP contribution in [0.4, 0.5) is 0 Å². The first kappa shape index (κ1) is 20.7. The number of rotatable bonds is 4. The Hall–Kier alpha value is -3.23. The molecule has 0 amide bonds. The fraction of sp³-hybridized carbons (Fsp3) is 0.375. The molecule has 2 aromatic rings. The minimum absolute atomic E-state index is 0.218. The summed E-state index contributed by atoms with van der Waals surface area (Å²) in [5.74, 6) is 2.57. The van der Waals surface area contributed by atoms with Crippen molar-refractivity contribution in [2.24, 2.45) is 11.1 Å². The van der Waals surface area contributed by atoms with Gasteiger partial charge in [0.05, 0.1) is 11.8 Å². The van der Waals surface area contributed by atoms with Crippen LogP contribution in [-0.2, 0) is 0 Å². The van der Waals surface area contributed by atoms with E-state index in [1.807, 2.05) is 42.5 Å². The number of hydrogen-bond acceptors (Lipinski definition) is 8. The lowest BCUT2D eigenvalue weighted by Crippen LogP contribution is -2.34. The molecule has 1 saturated carbocycles. The Kier molecular flexibility index (Phi) is 5.87. The fourth-order valence-electron chi connectivity index (χ4n) is 4.63. The minimum atomic E-state index is -0.458. The van der Waals surface area contributed by atoms with Crippen molar-refractivity contribution in [3.05, 3.63) is 53.1 Å². The predicted molar refractivity (Wildman–Crippen MR) is 117 cm³/mol. The molecule has 0 bridgehead atoms. The molecule has 2 unspecified atom stereocenters. The van der Waals surface area contributed by atoms with Crippen molar-refractivity contribution in [3.8, 4) is 23.0 Å². The number of nitrogens with zero attached hydrogens (tertiary/aromatic N) is 1. The molecule has 8 heteroatoms. The third kappa shape index (κ3) is 3.99. The van der Waals surface area contributed by atoms with Crippen molar-refractivity contribution >= 4 is 11.8 Å². The van der Waals surface area contributed by atoms with Crippen LogP contribution in [0.1, 0.15) is 36.4 Å². The standard InChI is InChI=1S/C24H26N2O6/c27-25-23-16(12-15-4-6-19-21(13-15)31-10-8-29-19)2-1-3-18(23)24(26-28)17-5-7-20-22(14-17)32-11-9-30-20/h4-7,12-14,18,24,26-28H,1-3,8-11H2/b16-12+,25-23+. The van der Waals surface area contributed by atoms with E-state index in [9.17, 15) is 10.4 Å². The van der Waals surface area contributed by atoms with Crippen molar-refractivity contribution in [1.82, 2.24) is 5.48 Å². The van der Waals surface area contributed by atoms with Crippen molar-refractivity contribution < 1.29 is 29.4 Å². The SMILES string of the molecule is O/N=C1\C(=C\c2ccc3c(c2)OCCO3)CCCC1C(NO)c1ccc2c(c1)OCCO2. The molecule has 0 saturated heterocycles. The van der Waals surface area contributed by atoms with Gasteiger partial charge in [0.1, 0.15) is 26.4 Å². The summed E-state index contributed by atoms with van der Waals surface area (Å²) in [4.78, 5) is 0. The van der Waals surface area contributed by atoms with Gasteiger partial charge in [0, 0.05) is 5.92 Å². The number of hydroxylamine groups is 1. The number of hydrogen-bond donors (Lipinski definition) is 3. The van der Waals surface area contributed by atoms with Gasteiger partial charge in [-0.05, 0) is 66.3 Å². The van der Waals surface area contributed by atoms with Crippen molar-refractivity contribution in [3.63, 3.8) is 0 Å². The van der Waals surface area contributed by atoms with E-state index < -0.39 is 6.04 Å². The molecule has 5 rings (SSSR count). The van der Waals surface area contributed by atoms with Gasteiger partial charge in [0.15, 0.2) is 23.0 Å². The van der Waals surface area contributed by atoms with Gasteiger partial charge < -0.3 is 29.4 Å². The maximum atomic E-state index is 10.0. The Morgan fingerprint density at radius 2 is 1.56 bits per heavy atom. The molecule has 3 aliphatic rings. The maximum absolute atomic E-state index is 10.0. The Balaban J connectivity index is 1.43. The van der Waals surface area contributed by atoms with Gasteiger partial charge in [-0.15, -0.1) is 0 Å². The normalized spacial score (nSPS) is 23.2. The highest BCUT2D eigenvalue weighted by atomic mass is 16.6. The smallest absolute Gasteiger partial charge is 0.161 e. The molecular formula is C24H26N2O6. The van der Waals surface area contributed by atoms with Gasteiger partial charge >= 0.3 is 0 Å². The van der Waals surface area contributed by atoms with Crippen LogP contribution in [0.25, 0.3) is 6.08 Å². The molecule has 1 fully saturated rings. The monoisotopic (exact) mass is 438 g/mol. The van der Waals surface area contributed by atoms with E-state index in [-0.39, 0.29) is 5.92 Å². The minimum Gasteiger partial charge on any atom is -0.486 e. The zero-order valence-electron chi connectivity index (χ0n) is 17.6. The second-order valence-corrected chi connectivity index (χ2v) is 8.07. The van der Waals surface area contributed by atoms with E-state index in [1.165, 1.54) is 0 Å². The van der Waals surface area contributed by atoms with Gasteiger partial charge in [-0.1, -0.05) is 17.3 Å². The summed E-state index contributed by atoms with van der Waals surface area (Å²) in [5.41, 5.74) is 5.70. The summed E-state index contributed by atoms with van der Waals surface area (Å²) in [6.45, 7) is 2.08. The third-order valence-electron chi connectivity index (χ3n) is 6.12. The van der Waals surface area contributed by atoms with E-state index in [1.54, 1.807) is 0 Å². The highest BCUT2D eigenvalue weighted by molar-refractivity contribution is 6.06. The molecule has 1 aliphatic carbocycles. The summed E-state index contributed by atoms with van der Waals surface area (Å²) < 4.78 is 22.6. The van der Waals surface area contributed by atoms with Crippen LogP contribution >= 0.6 is 0 Å². The first-order valence-corrected chi connectivity index (χ1v) is 10.9. The van der Waals surface area contributed by atoms with E-state index in [0.29, 0.717) is 49.4 Å². The summed E-state index contributed by atoms with van der Waals surface area (Å²) in [7, 11) is 0. The first-order chi connectivity index (χ1) is 15.8. The molecule has 8 nitrogen and oxygen atoms in total. The average molecular weight is 438 g/mol. The second-order valence-electron chi connectivity index (χ2n) is 8.07. The predicted octanol–water partition coefficient (Wildman–Crippen LogP) is 3.96. The number of benzene rings is 2. The topological polar surface area (TPSA) is 102 Å². The van der Waals surface area contributed by atoms with Crippen LogP contribution < -0.4 is 24.4 Å². The molecule has 2 aromatic carbocycles. The summed E-state index contributed by atoms with van der Waals surface area (Å²) in [5, 5.41) is 23.6.